The quantitative estimate of drug-likeness (QED) is 0.816. The van der Waals surface area contributed by atoms with E-state index in [-0.39, 0.29) is 5.78 Å². The molecule has 2 aromatic rings. The van der Waals surface area contributed by atoms with E-state index in [1.54, 1.807) is 30.2 Å². The van der Waals surface area contributed by atoms with Crippen molar-refractivity contribution in [2.75, 3.05) is 0 Å². The lowest BCUT2D eigenvalue weighted by atomic mass is 10.1. The van der Waals surface area contributed by atoms with E-state index in [4.69, 9.17) is 0 Å². The summed E-state index contributed by atoms with van der Waals surface area (Å²) in [5.41, 5.74) is 2.37. The van der Waals surface area contributed by atoms with Crippen LogP contribution in [0.25, 0.3) is 0 Å². The van der Waals surface area contributed by atoms with Gasteiger partial charge in [-0.2, -0.15) is 5.10 Å². The first-order valence-electron chi connectivity index (χ1n) is 5.19. The lowest BCUT2D eigenvalue weighted by Gasteiger charge is -2.01. The Morgan fingerprint density at radius 3 is 2.76 bits per heavy atom. The van der Waals surface area contributed by atoms with E-state index in [2.05, 4.69) is 26.0 Å². The summed E-state index contributed by atoms with van der Waals surface area (Å²) in [6, 6.07) is 3.70. The Balaban J connectivity index is 2.20. The molecule has 0 saturated carbocycles. The van der Waals surface area contributed by atoms with Crippen molar-refractivity contribution in [2.45, 2.75) is 13.3 Å². The molecule has 2 rings (SSSR count). The van der Waals surface area contributed by atoms with Crippen LogP contribution in [0, 0.1) is 6.92 Å². The summed E-state index contributed by atoms with van der Waals surface area (Å²) in [7, 11) is 1.78. The Labute approximate surface area is 108 Å². The third-order valence-corrected chi connectivity index (χ3v) is 2.85. The average Bonchev–Trinajstić information content (AvgIpc) is 2.58. The Morgan fingerprint density at radius 1 is 1.41 bits per heavy atom. The predicted molar refractivity (Wildman–Crippen MR) is 67.9 cm³/mol. The standard InChI is InChI=1S/C12H12BrN3O/c1-8-3-11(16(2)15-8)12(17)5-9-4-10(13)7-14-6-9/h3-4,6-7H,5H2,1-2H3. The molecule has 4 nitrogen and oxygen atoms in total. The highest BCUT2D eigenvalue weighted by molar-refractivity contribution is 9.10. The van der Waals surface area contributed by atoms with Gasteiger partial charge in [-0.15, -0.1) is 0 Å². The first kappa shape index (κ1) is 12.0. The Bertz CT molecular complexity index is 563. The number of Topliss-reactive ketones (excluding diaryl/α,β-unsaturated/α-hetero) is 1. The number of carbonyl (C=O) groups is 1. The fourth-order valence-electron chi connectivity index (χ4n) is 1.70. The third kappa shape index (κ3) is 2.79. The van der Waals surface area contributed by atoms with Crippen LogP contribution in [0.3, 0.4) is 0 Å². The number of hydrogen-bond donors (Lipinski definition) is 0. The van der Waals surface area contributed by atoms with Crippen LogP contribution in [0.2, 0.25) is 0 Å². The summed E-state index contributed by atoms with van der Waals surface area (Å²) < 4.78 is 2.49. The molecule has 0 aliphatic rings. The van der Waals surface area contributed by atoms with Gasteiger partial charge in [-0.1, -0.05) is 0 Å². The van der Waals surface area contributed by atoms with E-state index >= 15 is 0 Å². The maximum atomic E-state index is 12.1. The van der Waals surface area contributed by atoms with Crippen LogP contribution in [0.15, 0.2) is 29.0 Å². The summed E-state index contributed by atoms with van der Waals surface area (Å²) in [5, 5.41) is 4.16. The molecule has 0 saturated heterocycles. The molecule has 0 unspecified atom stereocenters. The highest BCUT2D eigenvalue weighted by Crippen LogP contribution is 2.12. The summed E-state index contributed by atoms with van der Waals surface area (Å²) >= 11 is 3.34. The van der Waals surface area contributed by atoms with Crippen molar-refractivity contribution in [1.82, 2.24) is 14.8 Å². The van der Waals surface area contributed by atoms with E-state index in [1.165, 1.54) is 0 Å². The highest BCUT2D eigenvalue weighted by atomic mass is 79.9. The van der Waals surface area contributed by atoms with Gasteiger partial charge in [0, 0.05) is 30.3 Å². The zero-order chi connectivity index (χ0) is 12.4. The van der Waals surface area contributed by atoms with E-state index in [0.717, 1.165) is 15.7 Å². The Morgan fingerprint density at radius 2 is 2.18 bits per heavy atom. The van der Waals surface area contributed by atoms with Crippen LogP contribution in [-0.4, -0.2) is 20.5 Å². The van der Waals surface area contributed by atoms with Crippen LogP contribution in [0.5, 0.6) is 0 Å². The predicted octanol–water partition coefficient (Wildman–Crippen LogP) is 2.31. The van der Waals surface area contributed by atoms with Crippen molar-refractivity contribution in [3.63, 3.8) is 0 Å². The number of hydrogen-bond acceptors (Lipinski definition) is 3. The largest absolute Gasteiger partial charge is 0.292 e. The number of nitrogens with zero attached hydrogens (tertiary/aromatic N) is 3. The second kappa shape index (κ2) is 4.79. The zero-order valence-electron chi connectivity index (χ0n) is 9.64. The number of rotatable bonds is 3. The van der Waals surface area contributed by atoms with Gasteiger partial charge in [-0.3, -0.25) is 14.5 Å². The summed E-state index contributed by atoms with van der Waals surface area (Å²) in [6.45, 7) is 1.87. The summed E-state index contributed by atoms with van der Waals surface area (Å²) in [4.78, 5) is 16.1. The topological polar surface area (TPSA) is 47.8 Å². The molecule has 5 heteroatoms. The second-order valence-corrected chi connectivity index (χ2v) is 4.82. The molecule has 0 spiro atoms. The molecule has 0 atom stereocenters. The van der Waals surface area contributed by atoms with Crippen molar-refractivity contribution in [3.8, 4) is 0 Å². The minimum atomic E-state index is 0.0491. The van der Waals surface area contributed by atoms with Gasteiger partial charge in [0.25, 0.3) is 0 Å². The fourth-order valence-corrected chi connectivity index (χ4v) is 2.11. The molecule has 0 fully saturated rings. The van der Waals surface area contributed by atoms with Crippen molar-refractivity contribution >= 4 is 21.7 Å². The van der Waals surface area contributed by atoms with Gasteiger partial charge in [-0.05, 0) is 40.5 Å². The van der Waals surface area contributed by atoms with Gasteiger partial charge in [0.15, 0.2) is 5.78 Å². The lowest BCUT2D eigenvalue weighted by Crippen LogP contribution is -2.09. The van der Waals surface area contributed by atoms with Crippen molar-refractivity contribution < 1.29 is 4.79 Å². The van der Waals surface area contributed by atoms with Crippen LogP contribution >= 0.6 is 15.9 Å². The van der Waals surface area contributed by atoms with Gasteiger partial charge in [-0.25, -0.2) is 0 Å². The van der Waals surface area contributed by atoms with E-state index in [1.807, 2.05) is 13.0 Å². The molecular formula is C12H12BrN3O. The molecule has 0 amide bonds. The zero-order valence-corrected chi connectivity index (χ0v) is 11.2. The van der Waals surface area contributed by atoms with Crippen LogP contribution in [0.1, 0.15) is 21.7 Å². The first-order chi connectivity index (χ1) is 8.06. The molecule has 88 valence electrons. The molecule has 2 heterocycles. The van der Waals surface area contributed by atoms with Gasteiger partial charge < -0.3 is 0 Å². The van der Waals surface area contributed by atoms with Crippen LogP contribution in [-0.2, 0) is 13.5 Å². The number of pyridine rings is 1. The highest BCUT2D eigenvalue weighted by Gasteiger charge is 2.12. The van der Waals surface area contributed by atoms with Gasteiger partial charge >= 0.3 is 0 Å². The number of aromatic nitrogens is 3. The third-order valence-electron chi connectivity index (χ3n) is 2.41. The van der Waals surface area contributed by atoms with Crippen LogP contribution < -0.4 is 0 Å². The fraction of sp³-hybridized carbons (Fsp3) is 0.250. The monoisotopic (exact) mass is 293 g/mol. The van der Waals surface area contributed by atoms with Gasteiger partial charge in [0.05, 0.1) is 5.69 Å². The molecule has 0 aliphatic carbocycles. The molecule has 17 heavy (non-hydrogen) atoms. The minimum Gasteiger partial charge on any atom is -0.292 e. The van der Waals surface area contributed by atoms with E-state index in [9.17, 15) is 4.79 Å². The Kier molecular flexibility index (Phi) is 3.38. The number of halogens is 1. The molecular weight excluding hydrogens is 282 g/mol. The smallest absolute Gasteiger partial charge is 0.185 e. The number of ketones is 1. The number of aryl methyl sites for hydroxylation is 2. The molecule has 2 aromatic heterocycles. The van der Waals surface area contributed by atoms with Crippen molar-refractivity contribution in [2.24, 2.45) is 7.05 Å². The second-order valence-electron chi connectivity index (χ2n) is 3.91. The normalized spacial score (nSPS) is 10.5. The van der Waals surface area contributed by atoms with Gasteiger partial charge in [0.1, 0.15) is 5.69 Å². The SMILES string of the molecule is Cc1cc(C(=O)Cc2cncc(Br)c2)n(C)n1. The maximum Gasteiger partial charge on any atom is 0.185 e. The molecule has 0 aliphatic heterocycles. The van der Waals surface area contributed by atoms with E-state index < -0.39 is 0 Å². The molecule has 0 bridgehead atoms. The molecule has 0 N–H and O–H groups in total. The number of carbonyl (C=O) groups excluding carboxylic acids is 1. The lowest BCUT2D eigenvalue weighted by molar-refractivity contribution is 0.0984. The van der Waals surface area contributed by atoms with Crippen molar-refractivity contribution in [1.29, 1.82) is 0 Å². The van der Waals surface area contributed by atoms with Crippen LogP contribution in [0.4, 0.5) is 0 Å². The molecule has 0 aromatic carbocycles. The van der Waals surface area contributed by atoms with Gasteiger partial charge in [0.2, 0.25) is 0 Å². The summed E-state index contributed by atoms with van der Waals surface area (Å²) in [6.07, 6.45) is 3.74. The first-order valence-corrected chi connectivity index (χ1v) is 5.99. The van der Waals surface area contributed by atoms with Crippen molar-refractivity contribution in [3.05, 3.63) is 46.0 Å². The average molecular weight is 294 g/mol. The summed E-state index contributed by atoms with van der Waals surface area (Å²) in [5.74, 6) is 0.0491. The molecule has 0 radical (unpaired) electrons. The van der Waals surface area contributed by atoms with E-state index in [0.29, 0.717) is 12.1 Å². The minimum absolute atomic E-state index is 0.0491. The maximum absolute atomic E-state index is 12.1. The Hall–Kier alpha value is -1.49.